The van der Waals surface area contributed by atoms with Crippen molar-refractivity contribution >= 4 is 5.78 Å². The summed E-state index contributed by atoms with van der Waals surface area (Å²) in [6, 6.07) is 17.9. The fraction of sp³-hybridized carbons (Fsp3) is 0.316. The monoisotopic (exact) mass is 280 g/mol. The lowest BCUT2D eigenvalue weighted by atomic mass is 10.0. The number of hydrogen-bond donors (Lipinski definition) is 0. The third-order valence-electron chi connectivity index (χ3n) is 3.97. The van der Waals surface area contributed by atoms with E-state index in [9.17, 15) is 4.79 Å². The summed E-state index contributed by atoms with van der Waals surface area (Å²) in [5.41, 5.74) is 2.00. The first-order valence-corrected chi connectivity index (χ1v) is 7.62. The van der Waals surface area contributed by atoms with E-state index >= 15 is 0 Å². The molecule has 1 aliphatic carbocycles. The Morgan fingerprint density at radius 1 is 1.10 bits per heavy atom. The number of ketones is 1. The summed E-state index contributed by atoms with van der Waals surface area (Å²) in [6.07, 6.45) is 1.89. The summed E-state index contributed by atoms with van der Waals surface area (Å²) in [7, 11) is 0. The van der Waals surface area contributed by atoms with E-state index in [0.717, 1.165) is 24.2 Å². The second kappa shape index (κ2) is 6.13. The molecule has 2 atom stereocenters. The number of carbonyl (C=O) groups excluding carboxylic acids is 1. The lowest BCUT2D eigenvalue weighted by Gasteiger charge is -2.10. The van der Waals surface area contributed by atoms with Gasteiger partial charge in [-0.15, -0.1) is 0 Å². The molecule has 2 nitrogen and oxygen atoms in total. The minimum absolute atomic E-state index is 0.110. The molecule has 1 aliphatic rings. The molecule has 0 amide bonds. The number of ether oxygens (including phenoxy) is 1. The van der Waals surface area contributed by atoms with Gasteiger partial charge >= 0.3 is 0 Å². The third kappa shape index (κ3) is 2.99. The summed E-state index contributed by atoms with van der Waals surface area (Å²) in [4.78, 5) is 12.7. The van der Waals surface area contributed by atoms with Gasteiger partial charge in [0.1, 0.15) is 5.75 Å². The van der Waals surface area contributed by atoms with E-state index in [0.29, 0.717) is 12.5 Å². The smallest absolute Gasteiger partial charge is 0.170 e. The Kier molecular flexibility index (Phi) is 4.05. The lowest BCUT2D eigenvalue weighted by molar-refractivity contribution is 0.0961. The minimum atomic E-state index is 0.110. The molecule has 108 valence electrons. The van der Waals surface area contributed by atoms with Crippen molar-refractivity contribution in [2.75, 3.05) is 6.61 Å². The van der Waals surface area contributed by atoms with Crippen LogP contribution < -0.4 is 4.74 Å². The molecular weight excluding hydrogens is 260 g/mol. The molecule has 0 radical (unpaired) electrons. The second-order valence-corrected chi connectivity index (χ2v) is 5.57. The van der Waals surface area contributed by atoms with Crippen LogP contribution in [0.5, 0.6) is 5.75 Å². The van der Waals surface area contributed by atoms with E-state index in [-0.39, 0.29) is 11.7 Å². The third-order valence-corrected chi connectivity index (χ3v) is 3.97. The zero-order valence-corrected chi connectivity index (χ0v) is 12.3. The van der Waals surface area contributed by atoms with E-state index in [1.807, 2.05) is 42.5 Å². The molecule has 0 saturated heterocycles. The van der Waals surface area contributed by atoms with Gasteiger partial charge in [0.15, 0.2) is 5.78 Å². The molecule has 0 bridgehead atoms. The second-order valence-electron chi connectivity index (χ2n) is 5.57. The number of rotatable bonds is 6. The molecule has 1 saturated carbocycles. The van der Waals surface area contributed by atoms with Crippen LogP contribution in [0.3, 0.4) is 0 Å². The van der Waals surface area contributed by atoms with Crippen LogP contribution in [-0.4, -0.2) is 12.4 Å². The number of carbonyl (C=O) groups is 1. The Labute approximate surface area is 125 Å². The van der Waals surface area contributed by atoms with E-state index < -0.39 is 0 Å². The fourth-order valence-corrected chi connectivity index (χ4v) is 2.76. The molecule has 0 N–H and O–H groups in total. The fourth-order valence-electron chi connectivity index (χ4n) is 2.76. The van der Waals surface area contributed by atoms with Crippen molar-refractivity contribution < 1.29 is 9.53 Å². The zero-order chi connectivity index (χ0) is 14.7. The Morgan fingerprint density at radius 2 is 1.81 bits per heavy atom. The van der Waals surface area contributed by atoms with Crippen molar-refractivity contribution in [3.8, 4) is 5.75 Å². The van der Waals surface area contributed by atoms with Crippen LogP contribution in [0.4, 0.5) is 0 Å². The quantitative estimate of drug-likeness (QED) is 0.730. The molecule has 2 aromatic carbocycles. The predicted octanol–water partition coefficient (Wildman–Crippen LogP) is 4.46. The van der Waals surface area contributed by atoms with Crippen molar-refractivity contribution in [2.24, 2.45) is 5.92 Å². The Morgan fingerprint density at radius 3 is 2.57 bits per heavy atom. The van der Waals surface area contributed by atoms with Gasteiger partial charge in [0, 0.05) is 5.92 Å². The van der Waals surface area contributed by atoms with E-state index in [4.69, 9.17) is 4.74 Å². The Balaban J connectivity index is 1.75. The molecule has 0 heterocycles. The van der Waals surface area contributed by atoms with Gasteiger partial charge in [-0.2, -0.15) is 0 Å². The van der Waals surface area contributed by atoms with Gasteiger partial charge in [-0.3, -0.25) is 4.79 Å². The van der Waals surface area contributed by atoms with Crippen LogP contribution in [0.15, 0.2) is 54.6 Å². The van der Waals surface area contributed by atoms with Gasteiger partial charge in [-0.05, 0) is 36.5 Å². The molecule has 2 aromatic rings. The van der Waals surface area contributed by atoms with Crippen LogP contribution in [-0.2, 0) is 0 Å². The van der Waals surface area contributed by atoms with Crippen molar-refractivity contribution in [2.45, 2.75) is 25.7 Å². The number of Topliss-reactive ketones (excluding diaryl/α,β-unsaturated/α-hetero) is 1. The topological polar surface area (TPSA) is 26.3 Å². The van der Waals surface area contributed by atoms with Crippen LogP contribution in [0.1, 0.15) is 41.6 Å². The summed E-state index contributed by atoms with van der Waals surface area (Å²) < 4.78 is 5.71. The van der Waals surface area contributed by atoms with Crippen molar-refractivity contribution in [3.05, 3.63) is 65.7 Å². The maximum Gasteiger partial charge on any atom is 0.170 e. The normalized spacial score (nSPS) is 20.0. The number of benzene rings is 2. The van der Waals surface area contributed by atoms with Gasteiger partial charge < -0.3 is 4.74 Å². The first-order chi connectivity index (χ1) is 10.3. The zero-order valence-electron chi connectivity index (χ0n) is 12.3. The Bertz CT molecular complexity index is 618. The largest absolute Gasteiger partial charge is 0.493 e. The molecule has 2 heteroatoms. The SMILES string of the molecule is CCCOc1ccccc1C(=O)C1CC1c1ccccc1. The molecule has 21 heavy (non-hydrogen) atoms. The molecule has 0 spiro atoms. The van der Waals surface area contributed by atoms with Gasteiger partial charge in [0.2, 0.25) is 0 Å². The molecule has 2 unspecified atom stereocenters. The minimum Gasteiger partial charge on any atom is -0.493 e. The highest BCUT2D eigenvalue weighted by Gasteiger charge is 2.44. The molecule has 1 fully saturated rings. The standard InChI is InChI=1S/C19H20O2/c1-2-12-21-18-11-7-6-10-15(18)19(20)17-13-16(17)14-8-4-3-5-9-14/h3-11,16-17H,2,12-13H2,1H3. The first kappa shape index (κ1) is 13.9. The summed E-state index contributed by atoms with van der Waals surface area (Å²) in [5.74, 6) is 1.43. The number of hydrogen-bond acceptors (Lipinski definition) is 2. The van der Waals surface area contributed by atoms with Crippen molar-refractivity contribution in [1.29, 1.82) is 0 Å². The predicted molar refractivity (Wildman–Crippen MR) is 83.8 cm³/mol. The summed E-state index contributed by atoms with van der Waals surface area (Å²) in [5, 5.41) is 0. The molecule has 0 aromatic heterocycles. The maximum atomic E-state index is 12.7. The lowest BCUT2D eigenvalue weighted by Crippen LogP contribution is -2.07. The molecule has 0 aliphatic heterocycles. The van der Waals surface area contributed by atoms with Gasteiger partial charge in [-0.25, -0.2) is 0 Å². The highest BCUT2D eigenvalue weighted by Crippen LogP contribution is 2.49. The van der Waals surface area contributed by atoms with E-state index in [1.54, 1.807) is 0 Å². The van der Waals surface area contributed by atoms with Crippen molar-refractivity contribution in [3.63, 3.8) is 0 Å². The summed E-state index contributed by atoms with van der Waals surface area (Å²) >= 11 is 0. The highest BCUT2D eigenvalue weighted by atomic mass is 16.5. The van der Waals surface area contributed by atoms with Gasteiger partial charge in [0.05, 0.1) is 12.2 Å². The average Bonchev–Trinajstić information content (AvgIpc) is 3.34. The van der Waals surface area contributed by atoms with Crippen LogP contribution in [0.2, 0.25) is 0 Å². The van der Waals surface area contributed by atoms with Gasteiger partial charge in [0.25, 0.3) is 0 Å². The van der Waals surface area contributed by atoms with Gasteiger partial charge in [-0.1, -0.05) is 49.4 Å². The molecule has 3 rings (SSSR count). The Hall–Kier alpha value is -2.09. The van der Waals surface area contributed by atoms with Crippen LogP contribution in [0.25, 0.3) is 0 Å². The van der Waals surface area contributed by atoms with E-state index in [1.165, 1.54) is 5.56 Å². The first-order valence-electron chi connectivity index (χ1n) is 7.62. The molecular formula is C19H20O2. The highest BCUT2D eigenvalue weighted by molar-refractivity contribution is 6.02. The van der Waals surface area contributed by atoms with Crippen LogP contribution in [0, 0.1) is 5.92 Å². The number of para-hydroxylation sites is 1. The average molecular weight is 280 g/mol. The van der Waals surface area contributed by atoms with Crippen LogP contribution >= 0.6 is 0 Å². The van der Waals surface area contributed by atoms with E-state index in [2.05, 4.69) is 19.1 Å². The van der Waals surface area contributed by atoms with Crippen molar-refractivity contribution in [1.82, 2.24) is 0 Å². The summed E-state index contributed by atoms with van der Waals surface area (Å²) in [6.45, 7) is 2.72. The maximum absolute atomic E-state index is 12.7.